The molecule has 2 aromatic rings. The first-order valence-electron chi connectivity index (χ1n) is 13.1. The van der Waals surface area contributed by atoms with Crippen molar-refractivity contribution < 1.29 is 33.6 Å². The fourth-order valence-electron chi connectivity index (χ4n) is 3.95. The molecule has 0 spiro atoms. The predicted molar refractivity (Wildman–Crippen MR) is 146 cm³/mol. The van der Waals surface area contributed by atoms with Crippen LogP contribution in [0, 0.1) is 0 Å². The zero-order valence-electron chi connectivity index (χ0n) is 21.9. The average molecular weight is 580 g/mol. The molecule has 1 N–H and O–H groups in total. The topological polar surface area (TPSA) is 91.3 Å². The number of esters is 2. The molecule has 0 bridgehead atoms. The number of aromatic hydroxyl groups is 1. The first-order valence-corrected chi connectivity index (χ1v) is 13.9. The van der Waals surface area contributed by atoms with Crippen molar-refractivity contribution in [2.24, 2.45) is 0 Å². The van der Waals surface area contributed by atoms with Gasteiger partial charge in [-0.3, -0.25) is 9.59 Å². The molecule has 0 amide bonds. The Morgan fingerprint density at radius 2 is 1.51 bits per heavy atom. The van der Waals surface area contributed by atoms with E-state index >= 15 is 0 Å². The number of ether oxygens (including phenoxy) is 4. The van der Waals surface area contributed by atoms with Crippen molar-refractivity contribution in [1.29, 1.82) is 0 Å². The second-order valence-electron chi connectivity index (χ2n) is 8.61. The lowest BCUT2D eigenvalue weighted by Crippen LogP contribution is -2.10. The van der Waals surface area contributed by atoms with E-state index in [1.165, 1.54) is 5.56 Å². The van der Waals surface area contributed by atoms with Gasteiger partial charge in [-0.1, -0.05) is 40.9 Å². The standard InChI is InChI=1S/C29H39BrO7/c1-3-34-28(32)14-10-18-37-27-13-9-12-22(26(27)15-16-29(33)35-4-2)11-7-5-6-8-17-36-25-20-23(30)19-24(31)21-25/h9,12-13,19-21,31H,3-8,10-11,14-18H2,1-2H3. The quantitative estimate of drug-likeness (QED) is 0.158. The van der Waals surface area contributed by atoms with Crippen LogP contribution in [-0.2, 0) is 31.9 Å². The highest BCUT2D eigenvalue weighted by molar-refractivity contribution is 9.10. The van der Waals surface area contributed by atoms with Gasteiger partial charge >= 0.3 is 11.9 Å². The molecular formula is C29H39BrO7. The number of carbonyl (C=O) groups is 2. The zero-order valence-corrected chi connectivity index (χ0v) is 23.5. The minimum atomic E-state index is -0.220. The van der Waals surface area contributed by atoms with Crippen molar-refractivity contribution in [1.82, 2.24) is 0 Å². The lowest BCUT2D eigenvalue weighted by molar-refractivity contribution is -0.144. The predicted octanol–water partition coefficient (Wildman–Crippen LogP) is 6.55. The van der Waals surface area contributed by atoms with E-state index in [1.54, 1.807) is 26.0 Å². The van der Waals surface area contributed by atoms with E-state index in [1.807, 2.05) is 18.2 Å². The lowest BCUT2D eigenvalue weighted by Gasteiger charge is -2.16. The van der Waals surface area contributed by atoms with Crippen LogP contribution in [0.1, 0.15) is 69.9 Å². The molecule has 0 saturated heterocycles. The van der Waals surface area contributed by atoms with Crippen molar-refractivity contribution in [3.63, 3.8) is 0 Å². The Morgan fingerprint density at radius 3 is 2.24 bits per heavy atom. The van der Waals surface area contributed by atoms with Crippen LogP contribution >= 0.6 is 15.9 Å². The summed E-state index contributed by atoms with van der Waals surface area (Å²) in [5.74, 6) is 1.15. The van der Waals surface area contributed by atoms with Crippen LogP contribution in [-0.4, -0.2) is 43.5 Å². The smallest absolute Gasteiger partial charge is 0.306 e. The van der Waals surface area contributed by atoms with Crippen molar-refractivity contribution in [3.05, 3.63) is 52.0 Å². The first kappa shape index (κ1) is 30.5. The fraction of sp³-hybridized carbons (Fsp3) is 0.517. The number of unbranched alkanes of at least 4 members (excludes halogenated alkanes) is 3. The van der Waals surface area contributed by atoms with Crippen LogP contribution in [0.2, 0.25) is 0 Å². The SMILES string of the molecule is CCOC(=O)CCCOc1cccc(CCCCCCOc2cc(O)cc(Br)c2)c1CCC(=O)OCC. The van der Waals surface area contributed by atoms with Crippen molar-refractivity contribution in [2.75, 3.05) is 26.4 Å². The molecule has 0 radical (unpaired) electrons. The van der Waals surface area contributed by atoms with Gasteiger partial charge in [0.2, 0.25) is 0 Å². The van der Waals surface area contributed by atoms with Crippen LogP contribution < -0.4 is 9.47 Å². The zero-order chi connectivity index (χ0) is 26.9. The molecule has 0 saturated carbocycles. The second kappa shape index (κ2) is 17.7. The fourth-order valence-corrected chi connectivity index (χ4v) is 4.41. The number of aryl methyl sites for hydroxylation is 1. The van der Waals surface area contributed by atoms with Crippen LogP contribution in [0.4, 0.5) is 0 Å². The van der Waals surface area contributed by atoms with Gasteiger partial charge in [0.1, 0.15) is 17.2 Å². The third-order valence-electron chi connectivity index (χ3n) is 5.67. The molecule has 0 aliphatic carbocycles. The Morgan fingerprint density at radius 1 is 0.811 bits per heavy atom. The van der Waals surface area contributed by atoms with Gasteiger partial charge in [-0.15, -0.1) is 0 Å². The summed E-state index contributed by atoms with van der Waals surface area (Å²) in [4.78, 5) is 23.6. The van der Waals surface area contributed by atoms with Gasteiger partial charge in [-0.2, -0.15) is 0 Å². The largest absolute Gasteiger partial charge is 0.508 e. The third-order valence-corrected chi connectivity index (χ3v) is 6.13. The summed E-state index contributed by atoms with van der Waals surface area (Å²) in [5, 5.41) is 9.65. The molecule has 0 aromatic heterocycles. The van der Waals surface area contributed by atoms with Crippen molar-refractivity contribution >= 4 is 27.9 Å². The summed E-state index contributed by atoms with van der Waals surface area (Å²) in [5.41, 5.74) is 2.21. The molecule has 8 heteroatoms. The Balaban J connectivity index is 1.84. The molecule has 0 atom stereocenters. The third kappa shape index (κ3) is 12.4. The molecule has 2 aromatic carbocycles. The number of phenolic OH excluding ortho intramolecular Hbond substituents is 1. The summed E-state index contributed by atoms with van der Waals surface area (Å²) < 4.78 is 22.6. The van der Waals surface area contributed by atoms with E-state index in [0.717, 1.165) is 47.9 Å². The average Bonchev–Trinajstić information content (AvgIpc) is 2.85. The second-order valence-corrected chi connectivity index (χ2v) is 9.53. The van der Waals surface area contributed by atoms with E-state index in [-0.39, 0.29) is 17.7 Å². The Kier molecular flexibility index (Phi) is 14.6. The maximum Gasteiger partial charge on any atom is 0.306 e. The highest BCUT2D eigenvalue weighted by atomic mass is 79.9. The lowest BCUT2D eigenvalue weighted by atomic mass is 9.96. The minimum absolute atomic E-state index is 0.174. The van der Waals surface area contributed by atoms with E-state index in [2.05, 4.69) is 22.0 Å². The van der Waals surface area contributed by atoms with Crippen LogP contribution in [0.5, 0.6) is 17.2 Å². The van der Waals surface area contributed by atoms with Gasteiger partial charge < -0.3 is 24.1 Å². The molecule has 0 unspecified atom stereocenters. The monoisotopic (exact) mass is 578 g/mol. The van der Waals surface area contributed by atoms with E-state index in [4.69, 9.17) is 18.9 Å². The summed E-state index contributed by atoms with van der Waals surface area (Å²) in [6.45, 7) is 5.34. The Bertz CT molecular complexity index is 956. The van der Waals surface area contributed by atoms with Crippen LogP contribution in [0.15, 0.2) is 40.9 Å². The maximum absolute atomic E-state index is 12.0. The molecule has 37 heavy (non-hydrogen) atoms. The number of carbonyl (C=O) groups excluding carboxylic acids is 2. The molecule has 7 nitrogen and oxygen atoms in total. The number of hydrogen-bond donors (Lipinski definition) is 1. The summed E-state index contributed by atoms with van der Waals surface area (Å²) >= 11 is 3.35. The van der Waals surface area contributed by atoms with Crippen molar-refractivity contribution in [3.8, 4) is 17.2 Å². The van der Waals surface area contributed by atoms with Gasteiger partial charge in [0.15, 0.2) is 0 Å². The van der Waals surface area contributed by atoms with Gasteiger partial charge in [0, 0.05) is 23.4 Å². The minimum Gasteiger partial charge on any atom is -0.508 e. The molecule has 0 aliphatic rings. The molecule has 2 rings (SSSR count). The molecule has 204 valence electrons. The number of benzene rings is 2. The number of rotatable bonds is 18. The van der Waals surface area contributed by atoms with Gasteiger partial charge in [-0.05, 0) is 75.3 Å². The summed E-state index contributed by atoms with van der Waals surface area (Å²) in [6, 6.07) is 11.1. The van der Waals surface area contributed by atoms with Gasteiger partial charge in [-0.25, -0.2) is 0 Å². The number of halogens is 1. The van der Waals surface area contributed by atoms with Crippen LogP contribution in [0.3, 0.4) is 0 Å². The Labute approximate surface area is 228 Å². The number of hydrogen-bond acceptors (Lipinski definition) is 7. The van der Waals surface area contributed by atoms with Crippen LogP contribution in [0.25, 0.3) is 0 Å². The summed E-state index contributed by atoms with van der Waals surface area (Å²) in [6.07, 6.45) is 6.64. The molecule has 0 fully saturated rings. The molecule has 0 heterocycles. The normalized spacial score (nSPS) is 10.7. The Hall–Kier alpha value is -2.74. The highest BCUT2D eigenvalue weighted by Crippen LogP contribution is 2.27. The maximum atomic E-state index is 12.0. The van der Waals surface area contributed by atoms with E-state index in [0.29, 0.717) is 57.9 Å². The van der Waals surface area contributed by atoms with E-state index < -0.39 is 0 Å². The molecular weight excluding hydrogens is 540 g/mol. The van der Waals surface area contributed by atoms with E-state index in [9.17, 15) is 14.7 Å². The first-order chi connectivity index (χ1) is 17.9. The highest BCUT2D eigenvalue weighted by Gasteiger charge is 2.13. The number of phenols is 1. The van der Waals surface area contributed by atoms with Crippen molar-refractivity contribution in [2.45, 2.75) is 71.6 Å². The molecule has 0 aliphatic heterocycles. The summed E-state index contributed by atoms with van der Waals surface area (Å²) in [7, 11) is 0. The van der Waals surface area contributed by atoms with Gasteiger partial charge in [0.25, 0.3) is 0 Å². The van der Waals surface area contributed by atoms with Gasteiger partial charge in [0.05, 0.1) is 26.4 Å².